The molecule has 1 aliphatic heterocycles. The number of halogens is 3. The third kappa shape index (κ3) is 2.21. The Morgan fingerprint density at radius 2 is 2.18 bits per heavy atom. The summed E-state index contributed by atoms with van der Waals surface area (Å²) < 4.78 is 27.1. The molecular formula is C14H13ClF2N4O. The average molecular weight is 327 g/mol. The molecule has 0 aliphatic carbocycles. The smallest absolute Gasteiger partial charge is 0.278 e. The molecule has 2 N–H and O–H groups in total. The lowest BCUT2D eigenvalue weighted by Gasteiger charge is -2.32. The number of carbonyl (C=O) groups is 1. The number of aromatic nitrogens is 2. The standard InChI is InChI=1S/C14H13ClF2N4O/c1-7-6-20(14(22)12-11(18)5-19-21(7)12)8-2-3-9(13(16)17)10(15)4-8/h2-5,7,13H,6,18H2,1H3. The van der Waals surface area contributed by atoms with Crippen molar-refractivity contribution in [3.05, 3.63) is 40.7 Å². The Kier molecular flexibility index (Phi) is 3.52. The van der Waals surface area contributed by atoms with Crippen LogP contribution >= 0.6 is 11.6 Å². The normalized spacial score (nSPS) is 18.0. The number of amides is 1. The van der Waals surface area contributed by atoms with Crippen molar-refractivity contribution >= 4 is 28.9 Å². The van der Waals surface area contributed by atoms with Gasteiger partial charge in [0.25, 0.3) is 12.3 Å². The molecule has 2 aromatic rings. The molecule has 2 heterocycles. The molecule has 1 aliphatic rings. The highest BCUT2D eigenvalue weighted by atomic mass is 35.5. The van der Waals surface area contributed by atoms with E-state index < -0.39 is 6.43 Å². The van der Waals surface area contributed by atoms with Gasteiger partial charge < -0.3 is 10.6 Å². The third-order valence-electron chi connectivity index (χ3n) is 3.67. The van der Waals surface area contributed by atoms with Gasteiger partial charge in [0.15, 0.2) is 0 Å². The summed E-state index contributed by atoms with van der Waals surface area (Å²) in [5, 5.41) is 4.02. The highest BCUT2D eigenvalue weighted by Gasteiger charge is 2.33. The second kappa shape index (κ2) is 5.24. The SMILES string of the molecule is CC1CN(c2ccc(C(F)F)c(Cl)c2)C(=O)c2c(N)cnn21. The number of alkyl halides is 2. The molecule has 22 heavy (non-hydrogen) atoms. The van der Waals surface area contributed by atoms with Gasteiger partial charge in [0.2, 0.25) is 0 Å². The molecule has 1 aromatic heterocycles. The molecule has 1 atom stereocenters. The molecule has 0 spiro atoms. The summed E-state index contributed by atoms with van der Waals surface area (Å²) in [5.74, 6) is -0.325. The second-order valence-electron chi connectivity index (χ2n) is 5.16. The summed E-state index contributed by atoms with van der Waals surface area (Å²) in [5.41, 5.74) is 6.58. The van der Waals surface area contributed by atoms with Gasteiger partial charge >= 0.3 is 0 Å². The number of nitrogens with zero attached hydrogens (tertiary/aromatic N) is 3. The number of carbonyl (C=O) groups excluding carboxylic acids is 1. The van der Waals surface area contributed by atoms with E-state index in [1.54, 1.807) is 4.68 Å². The molecule has 0 saturated carbocycles. The zero-order valence-electron chi connectivity index (χ0n) is 11.6. The van der Waals surface area contributed by atoms with Gasteiger partial charge in [0.05, 0.1) is 22.9 Å². The largest absolute Gasteiger partial charge is 0.396 e. The molecule has 0 fully saturated rings. The highest BCUT2D eigenvalue weighted by molar-refractivity contribution is 6.31. The number of hydrogen-bond donors (Lipinski definition) is 1. The molecule has 1 amide bonds. The Morgan fingerprint density at radius 1 is 1.45 bits per heavy atom. The van der Waals surface area contributed by atoms with Crippen LogP contribution in [-0.2, 0) is 0 Å². The summed E-state index contributed by atoms with van der Waals surface area (Å²) in [6.07, 6.45) is -1.23. The molecule has 1 unspecified atom stereocenters. The van der Waals surface area contributed by atoms with Gasteiger partial charge in [-0.15, -0.1) is 0 Å². The minimum absolute atomic E-state index is 0.0694. The van der Waals surface area contributed by atoms with E-state index in [1.165, 1.54) is 29.3 Å². The minimum atomic E-state index is -2.66. The lowest BCUT2D eigenvalue weighted by atomic mass is 10.1. The lowest BCUT2D eigenvalue weighted by Crippen LogP contribution is -2.42. The number of anilines is 2. The van der Waals surface area contributed by atoms with E-state index in [0.717, 1.165) is 0 Å². The van der Waals surface area contributed by atoms with Crippen molar-refractivity contribution in [1.82, 2.24) is 9.78 Å². The average Bonchev–Trinajstić information content (AvgIpc) is 2.85. The Balaban J connectivity index is 2.02. The van der Waals surface area contributed by atoms with Crippen LogP contribution in [0.3, 0.4) is 0 Å². The van der Waals surface area contributed by atoms with E-state index in [4.69, 9.17) is 17.3 Å². The van der Waals surface area contributed by atoms with Crippen LogP contribution in [0.25, 0.3) is 0 Å². The van der Waals surface area contributed by atoms with Crippen LogP contribution in [0.15, 0.2) is 24.4 Å². The van der Waals surface area contributed by atoms with Crippen LogP contribution in [0.2, 0.25) is 5.02 Å². The summed E-state index contributed by atoms with van der Waals surface area (Å²) in [4.78, 5) is 14.0. The van der Waals surface area contributed by atoms with Crippen molar-refractivity contribution in [2.75, 3.05) is 17.2 Å². The van der Waals surface area contributed by atoms with Crippen molar-refractivity contribution < 1.29 is 13.6 Å². The van der Waals surface area contributed by atoms with Crippen LogP contribution < -0.4 is 10.6 Å². The summed E-state index contributed by atoms with van der Waals surface area (Å²) in [6.45, 7) is 2.25. The molecular weight excluding hydrogens is 314 g/mol. The van der Waals surface area contributed by atoms with E-state index >= 15 is 0 Å². The predicted octanol–water partition coefficient (Wildman–Crippen LogP) is 3.28. The molecule has 5 nitrogen and oxygen atoms in total. The Morgan fingerprint density at radius 3 is 2.82 bits per heavy atom. The van der Waals surface area contributed by atoms with Crippen molar-refractivity contribution in [1.29, 1.82) is 0 Å². The van der Waals surface area contributed by atoms with Gasteiger partial charge in [-0.25, -0.2) is 8.78 Å². The number of benzene rings is 1. The van der Waals surface area contributed by atoms with Crippen LogP contribution in [0.5, 0.6) is 0 Å². The van der Waals surface area contributed by atoms with Crippen LogP contribution in [0, 0.1) is 0 Å². The lowest BCUT2D eigenvalue weighted by molar-refractivity contribution is 0.0954. The number of hydrogen-bond acceptors (Lipinski definition) is 3. The fourth-order valence-electron chi connectivity index (χ4n) is 2.57. The third-order valence-corrected chi connectivity index (χ3v) is 3.99. The molecule has 0 radical (unpaired) electrons. The molecule has 0 bridgehead atoms. The number of nitrogen functional groups attached to an aromatic ring is 1. The molecule has 116 valence electrons. The minimum Gasteiger partial charge on any atom is -0.396 e. The fraction of sp³-hybridized carbons (Fsp3) is 0.286. The van der Waals surface area contributed by atoms with E-state index in [0.29, 0.717) is 17.9 Å². The van der Waals surface area contributed by atoms with E-state index in [1.807, 2.05) is 6.92 Å². The number of rotatable bonds is 2. The first kappa shape index (κ1) is 14.8. The predicted molar refractivity (Wildman–Crippen MR) is 79.4 cm³/mol. The highest BCUT2D eigenvalue weighted by Crippen LogP contribution is 2.33. The monoisotopic (exact) mass is 326 g/mol. The van der Waals surface area contributed by atoms with Crippen molar-refractivity contribution in [2.24, 2.45) is 0 Å². The van der Waals surface area contributed by atoms with Gasteiger partial charge in [-0.3, -0.25) is 9.48 Å². The Labute approximate surface area is 130 Å². The van der Waals surface area contributed by atoms with Gasteiger partial charge in [-0.05, 0) is 25.1 Å². The van der Waals surface area contributed by atoms with Crippen LogP contribution in [0.1, 0.15) is 35.4 Å². The van der Waals surface area contributed by atoms with Crippen molar-refractivity contribution in [3.8, 4) is 0 Å². The second-order valence-corrected chi connectivity index (χ2v) is 5.57. The quantitative estimate of drug-likeness (QED) is 0.921. The van der Waals surface area contributed by atoms with E-state index in [-0.39, 0.29) is 28.2 Å². The van der Waals surface area contributed by atoms with Gasteiger partial charge in [0, 0.05) is 17.8 Å². The van der Waals surface area contributed by atoms with Crippen LogP contribution in [0.4, 0.5) is 20.2 Å². The van der Waals surface area contributed by atoms with E-state index in [2.05, 4.69) is 5.10 Å². The van der Waals surface area contributed by atoms with Gasteiger partial charge in [-0.2, -0.15) is 5.10 Å². The molecule has 8 heteroatoms. The number of nitrogens with two attached hydrogens (primary N) is 1. The molecule has 3 rings (SSSR count). The summed E-state index contributed by atoms with van der Waals surface area (Å²) in [6, 6.07) is 3.98. The summed E-state index contributed by atoms with van der Waals surface area (Å²) >= 11 is 5.88. The topological polar surface area (TPSA) is 64.2 Å². The van der Waals surface area contributed by atoms with Gasteiger partial charge in [0.1, 0.15) is 5.69 Å². The van der Waals surface area contributed by atoms with E-state index in [9.17, 15) is 13.6 Å². The molecule has 0 saturated heterocycles. The fourth-order valence-corrected chi connectivity index (χ4v) is 2.82. The maximum atomic E-state index is 12.8. The zero-order chi connectivity index (χ0) is 16.0. The zero-order valence-corrected chi connectivity index (χ0v) is 12.4. The first-order valence-corrected chi connectivity index (χ1v) is 7.00. The molecule has 1 aromatic carbocycles. The van der Waals surface area contributed by atoms with Crippen molar-refractivity contribution in [3.63, 3.8) is 0 Å². The maximum absolute atomic E-state index is 12.8. The number of fused-ring (bicyclic) bond motifs is 1. The first-order chi connectivity index (χ1) is 10.4. The maximum Gasteiger partial charge on any atom is 0.278 e. The van der Waals surface area contributed by atoms with Crippen LogP contribution in [-0.4, -0.2) is 22.2 Å². The van der Waals surface area contributed by atoms with Crippen molar-refractivity contribution in [2.45, 2.75) is 19.4 Å². The Bertz CT molecular complexity index is 746. The summed E-state index contributed by atoms with van der Waals surface area (Å²) in [7, 11) is 0. The van der Waals surface area contributed by atoms with Gasteiger partial charge in [-0.1, -0.05) is 11.6 Å². The first-order valence-electron chi connectivity index (χ1n) is 6.62. The Hall–Kier alpha value is -2.15.